The molecule has 0 saturated heterocycles. The number of carboxylic acids is 1. The van der Waals surface area contributed by atoms with Crippen LogP contribution in [0.25, 0.3) is 11.1 Å². The number of benzene rings is 1. The van der Waals surface area contributed by atoms with Crippen molar-refractivity contribution in [3.8, 4) is 0 Å². The lowest BCUT2D eigenvalue weighted by Gasteiger charge is -2.16. The number of pyridine rings is 1. The first-order valence-electron chi connectivity index (χ1n) is 11.8. The van der Waals surface area contributed by atoms with Gasteiger partial charge in [0.15, 0.2) is 5.58 Å². The molecular formula is C25H29N5O5. The van der Waals surface area contributed by atoms with E-state index in [4.69, 9.17) is 9.40 Å². The number of aliphatic carboxylic acids is 1. The highest BCUT2D eigenvalue weighted by Crippen LogP contribution is 2.15. The van der Waals surface area contributed by atoms with E-state index in [1.807, 2.05) is 6.07 Å². The van der Waals surface area contributed by atoms with Crippen LogP contribution in [-0.4, -0.2) is 52.0 Å². The maximum absolute atomic E-state index is 12.4. The zero-order chi connectivity index (χ0) is 24.6. The number of carbonyl (C=O) groups is 3. The SMILES string of the molecule is O=C(CCCCc1ccc2c(n1)CCNC2)NCC[C@H](NC(=O)c1nc2ccccc2o1)C(=O)O. The average Bonchev–Trinajstić information content (AvgIpc) is 3.30. The van der Waals surface area contributed by atoms with Crippen molar-refractivity contribution in [2.24, 2.45) is 0 Å². The number of amides is 2. The molecule has 1 aliphatic rings. The van der Waals surface area contributed by atoms with Crippen molar-refractivity contribution < 1.29 is 23.9 Å². The minimum atomic E-state index is -1.20. The molecule has 3 aromatic rings. The molecule has 0 spiro atoms. The molecule has 4 N–H and O–H groups in total. The van der Waals surface area contributed by atoms with Crippen LogP contribution in [-0.2, 0) is 29.0 Å². The van der Waals surface area contributed by atoms with Gasteiger partial charge in [-0.1, -0.05) is 18.2 Å². The summed E-state index contributed by atoms with van der Waals surface area (Å²) in [5.74, 6) is -2.26. The molecule has 4 rings (SSSR count). The average molecular weight is 480 g/mol. The first-order chi connectivity index (χ1) is 17.0. The number of hydrogen-bond donors (Lipinski definition) is 4. The third-order valence-electron chi connectivity index (χ3n) is 5.91. The Bertz CT molecular complexity index is 1170. The number of rotatable bonds is 11. The van der Waals surface area contributed by atoms with Crippen molar-refractivity contribution in [3.05, 3.63) is 59.2 Å². The fourth-order valence-corrected chi connectivity index (χ4v) is 4.00. The Balaban J connectivity index is 1.16. The quantitative estimate of drug-likeness (QED) is 0.305. The molecular weight excluding hydrogens is 450 g/mol. The zero-order valence-electron chi connectivity index (χ0n) is 19.4. The lowest BCUT2D eigenvalue weighted by atomic mass is 10.0. The standard InChI is InChI=1S/C25H29N5O5/c31-22(8-4-1-5-17-10-9-16-15-26-13-11-18(16)28-17)27-14-12-20(25(33)34)29-23(32)24-30-19-6-2-3-7-21(19)35-24/h2-3,6-7,9-10,20,26H,1,4-5,8,11-15H2,(H,27,31)(H,29,32)(H,33,34)/t20-/m0/s1. The predicted octanol–water partition coefficient (Wildman–Crippen LogP) is 1.97. The molecule has 0 fully saturated rings. The van der Waals surface area contributed by atoms with Gasteiger partial charge in [0.1, 0.15) is 11.6 Å². The van der Waals surface area contributed by atoms with Gasteiger partial charge in [0.2, 0.25) is 5.91 Å². The van der Waals surface area contributed by atoms with Crippen LogP contribution < -0.4 is 16.0 Å². The van der Waals surface area contributed by atoms with Gasteiger partial charge in [-0.25, -0.2) is 9.78 Å². The van der Waals surface area contributed by atoms with Gasteiger partial charge in [-0.05, 0) is 49.4 Å². The Morgan fingerprint density at radius 3 is 2.80 bits per heavy atom. The number of nitrogens with zero attached hydrogens (tertiary/aromatic N) is 2. The predicted molar refractivity (Wildman–Crippen MR) is 128 cm³/mol. The van der Waals surface area contributed by atoms with E-state index in [0.717, 1.165) is 43.7 Å². The van der Waals surface area contributed by atoms with Gasteiger partial charge in [-0.2, -0.15) is 0 Å². The molecule has 1 aromatic carbocycles. The second-order valence-corrected chi connectivity index (χ2v) is 8.53. The number of fused-ring (bicyclic) bond motifs is 2. The zero-order valence-corrected chi connectivity index (χ0v) is 19.4. The Morgan fingerprint density at radius 2 is 1.97 bits per heavy atom. The molecule has 35 heavy (non-hydrogen) atoms. The first-order valence-corrected chi connectivity index (χ1v) is 11.8. The third kappa shape index (κ3) is 6.63. The van der Waals surface area contributed by atoms with E-state index in [1.54, 1.807) is 24.3 Å². The largest absolute Gasteiger partial charge is 0.480 e. The van der Waals surface area contributed by atoms with Crippen molar-refractivity contribution in [3.63, 3.8) is 0 Å². The monoisotopic (exact) mass is 479 g/mol. The molecule has 0 aliphatic carbocycles. The Kier molecular flexibility index (Phi) is 8.04. The Labute approximate surface area is 202 Å². The highest BCUT2D eigenvalue weighted by molar-refractivity contribution is 5.94. The number of hydrogen-bond acceptors (Lipinski definition) is 7. The minimum Gasteiger partial charge on any atom is -0.480 e. The maximum atomic E-state index is 12.4. The fourth-order valence-electron chi connectivity index (χ4n) is 4.00. The molecule has 2 aromatic heterocycles. The topological polar surface area (TPSA) is 146 Å². The van der Waals surface area contributed by atoms with Crippen molar-refractivity contribution in [1.82, 2.24) is 25.9 Å². The number of oxazole rings is 1. The summed E-state index contributed by atoms with van der Waals surface area (Å²) in [6.45, 7) is 1.95. The van der Waals surface area contributed by atoms with Gasteiger partial charge in [0.25, 0.3) is 5.89 Å². The van der Waals surface area contributed by atoms with E-state index in [9.17, 15) is 19.5 Å². The van der Waals surface area contributed by atoms with Gasteiger partial charge in [-0.15, -0.1) is 0 Å². The van der Waals surface area contributed by atoms with Crippen molar-refractivity contribution >= 4 is 28.9 Å². The van der Waals surface area contributed by atoms with Gasteiger partial charge >= 0.3 is 11.9 Å². The van der Waals surface area contributed by atoms with Crippen LogP contribution in [0, 0.1) is 0 Å². The second kappa shape index (κ2) is 11.6. The van der Waals surface area contributed by atoms with Crippen LogP contribution in [0.1, 0.15) is 53.3 Å². The summed E-state index contributed by atoms with van der Waals surface area (Å²) in [6, 6.07) is 9.87. The number of aryl methyl sites for hydroxylation is 1. The first kappa shape index (κ1) is 24.3. The van der Waals surface area contributed by atoms with Crippen LogP contribution in [0.4, 0.5) is 0 Å². The van der Waals surface area contributed by atoms with Crippen molar-refractivity contribution in [2.75, 3.05) is 13.1 Å². The highest BCUT2D eigenvalue weighted by Gasteiger charge is 2.23. The fraction of sp³-hybridized carbons (Fsp3) is 0.400. The smallest absolute Gasteiger partial charge is 0.326 e. The second-order valence-electron chi connectivity index (χ2n) is 8.53. The van der Waals surface area contributed by atoms with Gasteiger partial charge in [0, 0.05) is 43.9 Å². The van der Waals surface area contributed by atoms with Gasteiger partial charge in [-0.3, -0.25) is 14.6 Å². The molecule has 3 heterocycles. The van der Waals surface area contributed by atoms with Crippen LogP contribution >= 0.6 is 0 Å². The number of carbonyl (C=O) groups excluding carboxylic acids is 2. The summed E-state index contributed by atoms with van der Waals surface area (Å²) in [4.78, 5) is 44.9. The normalized spacial score (nSPS) is 13.7. The minimum absolute atomic E-state index is 0.0426. The highest BCUT2D eigenvalue weighted by atomic mass is 16.4. The molecule has 10 nitrogen and oxygen atoms in total. The molecule has 2 amide bonds. The van der Waals surface area contributed by atoms with E-state index in [2.05, 4.69) is 27.0 Å². The van der Waals surface area contributed by atoms with Crippen molar-refractivity contribution in [1.29, 1.82) is 0 Å². The number of para-hydroxylation sites is 2. The van der Waals surface area contributed by atoms with Crippen LogP contribution in [0.3, 0.4) is 0 Å². The van der Waals surface area contributed by atoms with Crippen LogP contribution in [0.2, 0.25) is 0 Å². The van der Waals surface area contributed by atoms with Gasteiger partial charge in [0.05, 0.1) is 0 Å². The maximum Gasteiger partial charge on any atom is 0.326 e. The number of carboxylic acid groups (broad SMARTS) is 1. The molecule has 0 radical (unpaired) electrons. The number of nitrogens with one attached hydrogen (secondary N) is 3. The lowest BCUT2D eigenvalue weighted by Crippen LogP contribution is -2.43. The molecule has 0 unspecified atom stereocenters. The summed E-state index contributed by atoms with van der Waals surface area (Å²) in [6.07, 6.45) is 3.70. The summed E-state index contributed by atoms with van der Waals surface area (Å²) < 4.78 is 5.37. The summed E-state index contributed by atoms with van der Waals surface area (Å²) in [5.41, 5.74) is 4.41. The summed E-state index contributed by atoms with van der Waals surface area (Å²) in [5, 5.41) is 17.9. The number of unbranched alkanes of at least 4 members (excludes halogenated alkanes) is 1. The molecule has 10 heteroatoms. The summed E-state index contributed by atoms with van der Waals surface area (Å²) in [7, 11) is 0. The van der Waals surface area contributed by atoms with Crippen LogP contribution in [0.15, 0.2) is 40.8 Å². The van der Waals surface area contributed by atoms with E-state index in [-0.39, 0.29) is 24.8 Å². The van der Waals surface area contributed by atoms with Crippen molar-refractivity contribution in [2.45, 2.75) is 51.1 Å². The van der Waals surface area contributed by atoms with Crippen LogP contribution in [0.5, 0.6) is 0 Å². The molecule has 184 valence electrons. The third-order valence-corrected chi connectivity index (χ3v) is 5.91. The molecule has 1 aliphatic heterocycles. The lowest BCUT2D eigenvalue weighted by molar-refractivity contribution is -0.139. The summed E-state index contributed by atoms with van der Waals surface area (Å²) >= 11 is 0. The molecule has 1 atom stereocenters. The van der Waals surface area contributed by atoms with E-state index >= 15 is 0 Å². The molecule has 0 bridgehead atoms. The number of aromatic nitrogens is 2. The van der Waals surface area contributed by atoms with E-state index in [1.165, 1.54) is 5.56 Å². The Morgan fingerprint density at radius 1 is 1.11 bits per heavy atom. The van der Waals surface area contributed by atoms with Gasteiger partial charge < -0.3 is 25.5 Å². The molecule has 0 saturated carbocycles. The van der Waals surface area contributed by atoms with E-state index < -0.39 is 17.9 Å². The Hall–Kier alpha value is -3.79. The van der Waals surface area contributed by atoms with E-state index in [0.29, 0.717) is 23.9 Å².